The zero-order chi connectivity index (χ0) is 32.9. The molecule has 242 valence electrons. The summed E-state index contributed by atoms with van der Waals surface area (Å²) < 4.78 is 2.76. The predicted molar refractivity (Wildman–Crippen MR) is 211 cm³/mol. The number of hydrogen-bond acceptors (Lipinski definition) is 1. The molecule has 0 unspecified atom stereocenters. The molecule has 0 radical (unpaired) electrons. The lowest BCUT2D eigenvalue weighted by atomic mass is 9.43. The van der Waals surface area contributed by atoms with E-state index in [2.05, 4.69) is 135 Å². The van der Waals surface area contributed by atoms with Crippen molar-refractivity contribution in [2.24, 2.45) is 23.7 Å². The summed E-state index contributed by atoms with van der Waals surface area (Å²) in [5.41, 5.74) is 17.6. The summed E-state index contributed by atoms with van der Waals surface area (Å²) >= 11 is 1.94. The second-order valence-electron chi connectivity index (χ2n) is 16.8. The predicted octanol–water partition coefficient (Wildman–Crippen LogP) is 13.4. The molecule has 6 aliphatic carbocycles. The fourth-order valence-corrected chi connectivity index (χ4v) is 13.7. The topological polar surface area (TPSA) is 0 Å². The summed E-state index contributed by atoms with van der Waals surface area (Å²) in [5.74, 6) is 3.36. The SMILES string of the molecule is CC1(C)c2ccccc2-c2ccc(-c3ccc4c(c3-c3cccc5sc6ccccc6c35)-c3ccccc3C43C4CC5CC(C4)CC3C5)cc21. The van der Waals surface area contributed by atoms with Gasteiger partial charge in [-0.25, -0.2) is 0 Å². The van der Waals surface area contributed by atoms with Gasteiger partial charge in [0.25, 0.3) is 0 Å². The Kier molecular flexibility index (Phi) is 5.45. The van der Waals surface area contributed by atoms with Crippen LogP contribution in [0.15, 0.2) is 121 Å². The lowest BCUT2D eigenvalue weighted by Crippen LogP contribution is -2.55. The molecule has 0 N–H and O–H groups in total. The van der Waals surface area contributed by atoms with Crippen LogP contribution in [-0.2, 0) is 10.8 Å². The van der Waals surface area contributed by atoms with E-state index in [0.717, 1.165) is 23.7 Å². The van der Waals surface area contributed by atoms with Crippen molar-refractivity contribution < 1.29 is 0 Å². The molecule has 4 fully saturated rings. The molecule has 4 bridgehead atoms. The largest absolute Gasteiger partial charge is 0.135 e. The van der Waals surface area contributed by atoms with Crippen LogP contribution < -0.4 is 0 Å². The van der Waals surface area contributed by atoms with Gasteiger partial charge in [-0.05, 0) is 141 Å². The monoisotopic (exact) mass is 660 g/mol. The molecule has 13 rings (SSSR count). The second-order valence-corrected chi connectivity index (χ2v) is 17.9. The molecule has 6 aliphatic rings. The van der Waals surface area contributed by atoms with Crippen LogP contribution in [0.2, 0.25) is 0 Å². The first-order valence-corrected chi connectivity index (χ1v) is 19.8. The molecule has 1 aromatic heterocycles. The van der Waals surface area contributed by atoms with Crippen LogP contribution >= 0.6 is 11.3 Å². The van der Waals surface area contributed by atoms with Gasteiger partial charge in [-0.1, -0.05) is 117 Å². The normalized spacial score (nSPS) is 26.0. The van der Waals surface area contributed by atoms with Crippen LogP contribution in [0.3, 0.4) is 0 Å². The molecule has 0 atom stereocenters. The van der Waals surface area contributed by atoms with E-state index >= 15 is 0 Å². The molecular formula is C49H40S. The number of thiophene rings is 1. The Bertz CT molecular complexity index is 2560. The van der Waals surface area contributed by atoms with E-state index in [-0.39, 0.29) is 10.8 Å². The minimum Gasteiger partial charge on any atom is -0.135 e. The van der Waals surface area contributed by atoms with Gasteiger partial charge in [0.05, 0.1) is 0 Å². The maximum absolute atomic E-state index is 2.62. The van der Waals surface area contributed by atoms with Gasteiger partial charge in [0.15, 0.2) is 0 Å². The maximum atomic E-state index is 2.62. The van der Waals surface area contributed by atoms with E-state index < -0.39 is 0 Å². The molecule has 4 saturated carbocycles. The molecule has 1 heteroatoms. The first-order chi connectivity index (χ1) is 24.5. The van der Waals surface area contributed by atoms with Gasteiger partial charge in [0.1, 0.15) is 0 Å². The van der Waals surface area contributed by atoms with E-state index in [0.29, 0.717) is 0 Å². The lowest BCUT2D eigenvalue weighted by Gasteiger charge is -2.61. The molecule has 0 saturated heterocycles. The summed E-state index contributed by atoms with van der Waals surface area (Å²) in [6.07, 6.45) is 7.10. The van der Waals surface area contributed by atoms with Gasteiger partial charge in [-0.3, -0.25) is 0 Å². The van der Waals surface area contributed by atoms with Crippen LogP contribution in [0.4, 0.5) is 0 Å². The fourth-order valence-electron chi connectivity index (χ4n) is 12.6. The summed E-state index contributed by atoms with van der Waals surface area (Å²) in [6, 6.07) is 47.5. The van der Waals surface area contributed by atoms with Crippen molar-refractivity contribution in [3.63, 3.8) is 0 Å². The van der Waals surface area contributed by atoms with E-state index in [1.807, 2.05) is 11.3 Å². The molecular weight excluding hydrogens is 621 g/mol. The Balaban J connectivity index is 1.19. The Labute approximate surface area is 298 Å². The van der Waals surface area contributed by atoms with Gasteiger partial charge < -0.3 is 0 Å². The van der Waals surface area contributed by atoms with Gasteiger partial charge >= 0.3 is 0 Å². The molecule has 0 amide bonds. The highest BCUT2D eigenvalue weighted by molar-refractivity contribution is 7.25. The summed E-state index contributed by atoms with van der Waals surface area (Å²) in [6.45, 7) is 4.82. The first-order valence-electron chi connectivity index (χ1n) is 18.9. The summed E-state index contributed by atoms with van der Waals surface area (Å²) in [5, 5.41) is 2.80. The zero-order valence-electron chi connectivity index (χ0n) is 28.8. The minimum atomic E-state index is -0.0422. The molecule has 0 nitrogen and oxygen atoms in total. The molecule has 7 aromatic rings. The van der Waals surface area contributed by atoms with Crippen LogP contribution in [0.5, 0.6) is 0 Å². The highest BCUT2D eigenvalue weighted by atomic mass is 32.1. The van der Waals surface area contributed by atoms with Crippen LogP contribution in [0, 0.1) is 23.7 Å². The quantitative estimate of drug-likeness (QED) is 0.173. The number of benzene rings is 6. The molecule has 50 heavy (non-hydrogen) atoms. The van der Waals surface area contributed by atoms with Crippen molar-refractivity contribution >= 4 is 31.5 Å². The third-order valence-electron chi connectivity index (χ3n) is 14.3. The highest BCUT2D eigenvalue weighted by Crippen LogP contribution is 2.70. The van der Waals surface area contributed by atoms with Gasteiger partial charge in [0.2, 0.25) is 0 Å². The van der Waals surface area contributed by atoms with E-state index in [1.54, 1.807) is 11.1 Å². The lowest BCUT2D eigenvalue weighted by molar-refractivity contribution is -0.0399. The second kappa shape index (κ2) is 9.65. The van der Waals surface area contributed by atoms with Gasteiger partial charge in [-0.15, -0.1) is 11.3 Å². The number of fused-ring (bicyclic) bond motifs is 9. The van der Waals surface area contributed by atoms with Crippen molar-refractivity contribution in [1.82, 2.24) is 0 Å². The average molecular weight is 661 g/mol. The van der Waals surface area contributed by atoms with Crippen LogP contribution in [0.25, 0.3) is 64.7 Å². The van der Waals surface area contributed by atoms with Gasteiger partial charge in [0, 0.05) is 31.0 Å². The molecule has 6 aromatic carbocycles. The third kappa shape index (κ3) is 3.39. The average Bonchev–Trinajstić information content (AvgIpc) is 3.74. The van der Waals surface area contributed by atoms with Crippen LogP contribution in [0.1, 0.15) is 68.2 Å². The Morgan fingerprint density at radius 1 is 0.480 bits per heavy atom. The molecule has 1 heterocycles. The highest BCUT2D eigenvalue weighted by Gasteiger charge is 2.62. The number of hydrogen-bond donors (Lipinski definition) is 0. The van der Waals surface area contributed by atoms with Crippen molar-refractivity contribution in [2.45, 2.75) is 56.8 Å². The summed E-state index contributed by atoms with van der Waals surface area (Å²) in [4.78, 5) is 0. The van der Waals surface area contributed by atoms with Gasteiger partial charge in [-0.2, -0.15) is 0 Å². The maximum Gasteiger partial charge on any atom is 0.0361 e. The smallest absolute Gasteiger partial charge is 0.0361 e. The van der Waals surface area contributed by atoms with E-state index in [9.17, 15) is 0 Å². The fraction of sp³-hybridized carbons (Fsp3) is 0.265. The van der Waals surface area contributed by atoms with Crippen molar-refractivity contribution in [3.8, 4) is 44.5 Å². The van der Waals surface area contributed by atoms with E-state index in [1.165, 1.54) is 108 Å². The standard InChI is InChI=1S/C49H40S/c1-48(2)39-14-6-3-10-34(39)35-19-18-30(27-42(35)48)33-20-21-41-47(46(33)38-13-9-17-44-45(38)37-12-5-8-16-43(37)50-44)36-11-4-7-15-40(36)49(41)31-23-28-22-29(25-31)26-32(49)24-28/h3-21,27-29,31-32H,22-26H2,1-2H3. The number of rotatable bonds is 2. The minimum absolute atomic E-state index is 0.0422. The Morgan fingerprint density at radius 2 is 1.12 bits per heavy atom. The Hall–Kier alpha value is -4.46. The van der Waals surface area contributed by atoms with Crippen molar-refractivity contribution in [1.29, 1.82) is 0 Å². The van der Waals surface area contributed by atoms with Crippen molar-refractivity contribution in [3.05, 3.63) is 144 Å². The van der Waals surface area contributed by atoms with E-state index in [4.69, 9.17) is 0 Å². The Morgan fingerprint density at radius 3 is 1.94 bits per heavy atom. The third-order valence-corrected chi connectivity index (χ3v) is 15.4. The zero-order valence-corrected chi connectivity index (χ0v) is 29.6. The first kappa shape index (κ1) is 28.3. The molecule has 1 spiro atoms. The summed E-state index contributed by atoms with van der Waals surface area (Å²) in [7, 11) is 0. The molecule has 0 aliphatic heterocycles. The van der Waals surface area contributed by atoms with Crippen LogP contribution in [-0.4, -0.2) is 0 Å². The van der Waals surface area contributed by atoms with Crippen molar-refractivity contribution in [2.75, 3.05) is 0 Å².